The largest absolute Gasteiger partial charge is 0.325 e. The summed E-state index contributed by atoms with van der Waals surface area (Å²) in [6.07, 6.45) is 9.75. The van der Waals surface area contributed by atoms with Gasteiger partial charge < -0.3 is 5.73 Å². The van der Waals surface area contributed by atoms with Crippen molar-refractivity contribution in [3.63, 3.8) is 0 Å². The van der Waals surface area contributed by atoms with Gasteiger partial charge in [-0.15, -0.1) is 0 Å². The normalized spacial score (nSPS) is 32.1. The van der Waals surface area contributed by atoms with Crippen LogP contribution >= 0.6 is 0 Å². The Morgan fingerprint density at radius 1 is 1.00 bits per heavy atom. The molecule has 0 heterocycles. The fraction of sp³-hybridized carbons (Fsp3) is 1.00. The predicted octanol–water partition coefficient (Wildman–Crippen LogP) is 2.06. The molecule has 10 heavy (non-hydrogen) atoms. The van der Waals surface area contributed by atoms with Gasteiger partial charge in [-0.1, -0.05) is 19.3 Å². The van der Waals surface area contributed by atoms with Crippen molar-refractivity contribution in [1.82, 2.24) is 0 Å². The lowest BCUT2D eigenvalue weighted by Crippen LogP contribution is -2.33. The average molecular weight is 139 g/mol. The highest BCUT2D eigenvalue weighted by Gasteiger charge is 2.45. The first-order valence-electron chi connectivity index (χ1n) is 4.60. The molecule has 2 N–H and O–H groups in total. The van der Waals surface area contributed by atoms with Gasteiger partial charge in [-0.3, -0.25) is 0 Å². The zero-order valence-corrected chi connectivity index (χ0v) is 6.60. The molecular formula is C9H17N. The number of hydrogen-bond acceptors (Lipinski definition) is 1. The summed E-state index contributed by atoms with van der Waals surface area (Å²) in [6, 6.07) is 0. The summed E-state index contributed by atoms with van der Waals surface area (Å²) < 4.78 is 0. The standard InChI is InChI=1S/C9H17N/c10-9(6-7-9)8-4-2-1-3-5-8/h8H,1-7,10H2. The Balaban J connectivity index is 1.91. The van der Waals surface area contributed by atoms with E-state index in [1.165, 1.54) is 44.9 Å². The molecule has 0 spiro atoms. The fourth-order valence-corrected chi connectivity index (χ4v) is 2.23. The predicted molar refractivity (Wildman–Crippen MR) is 42.7 cm³/mol. The van der Waals surface area contributed by atoms with E-state index in [2.05, 4.69) is 0 Å². The van der Waals surface area contributed by atoms with Crippen molar-refractivity contribution in [3.8, 4) is 0 Å². The minimum absolute atomic E-state index is 0.320. The molecule has 1 nitrogen and oxygen atoms in total. The zero-order valence-electron chi connectivity index (χ0n) is 6.60. The summed E-state index contributed by atoms with van der Waals surface area (Å²) in [5.41, 5.74) is 6.44. The van der Waals surface area contributed by atoms with E-state index in [0.717, 1.165) is 5.92 Å². The highest BCUT2D eigenvalue weighted by atomic mass is 14.8. The van der Waals surface area contributed by atoms with Crippen LogP contribution in [0.4, 0.5) is 0 Å². The minimum atomic E-state index is 0.320. The Hall–Kier alpha value is -0.0400. The van der Waals surface area contributed by atoms with Gasteiger partial charge in [0.15, 0.2) is 0 Å². The number of hydrogen-bond donors (Lipinski definition) is 1. The van der Waals surface area contributed by atoms with Crippen LogP contribution in [0.3, 0.4) is 0 Å². The van der Waals surface area contributed by atoms with Crippen LogP contribution in [0.1, 0.15) is 44.9 Å². The molecule has 1 heteroatoms. The topological polar surface area (TPSA) is 26.0 Å². The van der Waals surface area contributed by atoms with Crippen molar-refractivity contribution >= 4 is 0 Å². The Morgan fingerprint density at radius 2 is 1.60 bits per heavy atom. The molecule has 0 aromatic heterocycles. The Kier molecular flexibility index (Phi) is 1.48. The van der Waals surface area contributed by atoms with Gasteiger partial charge >= 0.3 is 0 Å². The molecule has 2 aliphatic rings. The molecule has 0 unspecified atom stereocenters. The third-order valence-electron chi connectivity index (χ3n) is 3.25. The summed E-state index contributed by atoms with van der Waals surface area (Å²) in [5, 5.41) is 0. The highest BCUT2D eigenvalue weighted by Crippen LogP contribution is 2.45. The van der Waals surface area contributed by atoms with Crippen LogP contribution in [0, 0.1) is 5.92 Å². The molecule has 0 aromatic rings. The van der Waals surface area contributed by atoms with Gasteiger partial charge in [0.2, 0.25) is 0 Å². The highest BCUT2D eigenvalue weighted by molar-refractivity contribution is 5.04. The van der Waals surface area contributed by atoms with Crippen molar-refractivity contribution in [1.29, 1.82) is 0 Å². The molecule has 0 aromatic carbocycles. The van der Waals surface area contributed by atoms with Crippen LogP contribution in [0.2, 0.25) is 0 Å². The van der Waals surface area contributed by atoms with E-state index in [1.54, 1.807) is 0 Å². The molecule has 0 atom stereocenters. The van der Waals surface area contributed by atoms with Crippen LogP contribution in [-0.4, -0.2) is 5.54 Å². The molecule has 0 bridgehead atoms. The van der Waals surface area contributed by atoms with E-state index in [0.29, 0.717) is 5.54 Å². The lowest BCUT2D eigenvalue weighted by molar-refractivity contribution is 0.291. The second kappa shape index (κ2) is 2.23. The molecule has 0 amide bonds. The maximum atomic E-state index is 6.12. The second-order valence-corrected chi connectivity index (χ2v) is 4.07. The molecule has 0 saturated heterocycles. The molecule has 2 aliphatic carbocycles. The lowest BCUT2D eigenvalue weighted by atomic mass is 9.83. The maximum Gasteiger partial charge on any atom is 0.0184 e. The van der Waals surface area contributed by atoms with Gasteiger partial charge in [0.1, 0.15) is 0 Å². The first-order valence-corrected chi connectivity index (χ1v) is 4.60. The quantitative estimate of drug-likeness (QED) is 0.591. The molecule has 2 fully saturated rings. The third kappa shape index (κ3) is 1.07. The summed E-state index contributed by atoms with van der Waals surface area (Å²) in [4.78, 5) is 0. The first kappa shape index (κ1) is 6.66. The first-order chi connectivity index (χ1) is 4.81. The maximum absolute atomic E-state index is 6.12. The van der Waals surface area contributed by atoms with E-state index in [1.807, 2.05) is 0 Å². The molecule has 0 aliphatic heterocycles. The average Bonchev–Trinajstić information content (AvgIpc) is 2.72. The van der Waals surface area contributed by atoms with Crippen molar-refractivity contribution in [2.24, 2.45) is 11.7 Å². The summed E-state index contributed by atoms with van der Waals surface area (Å²) in [7, 11) is 0. The molecular weight excluding hydrogens is 122 g/mol. The van der Waals surface area contributed by atoms with Gasteiger partial charge in [0, 0.05) is 5.54 Å². The second-order valence-electron chi connectivity index (χ2n) is 4.07. The van der Waals surface area contributed by atoms with E-state index < -0.39 is 0 Å². The monoisotopic (exact) mass is 139 g/mol. The fourth-order valence-electron chi connectivity index (χ4n) is 2.23. The van der Waals surface area contributed by atoms with Gasteiger partial charge in [-0.25, -0.2) is 0 Å². The van der Waals surface area contributed by atoms with E-state index in [-0.39, 0.29) is 0 Å². The number of nitrogens with two attached hydrogens (primary N) is 1. The lowest BCUT2D eigenvalue weighted by Gasteiger charge is -2.27. The summed E-state index contributed by atoms with van der Waals surface area (Å²) >= 11 is 0. The molecule has 2 rings (SSSR count). The third-order valence-corrected chi connectivity index (χ3v) is 3.25. The van der Waals surface area contributed by atoms with Crippen LogP contribution in [0.25, 0.3) is 0 Å². The smallest absolute Gasteiger partial charge is 0.0184 e. The van der Waals surface area contributed by atoms with Crippen molar-refractivity contribution in [3.05, 3.63) is 0 Å². The van der Waals surface area contributed by atoms with Gasteiger partial charge in [-0.2, -0.15) is 0 Å². The minimum Gasteiger partial charge on any atom is -0.325 e. The Labute approximate surface area is 63.0 Å². The van der Waals surface area contributed by atoms with Crippen LogP contribution < -0.4 is 5.73 Å². The summed E-state index contributed by atoms with van der Waals surface area (Å²) in [5.74, 6) is 0.890. The Bertz CT molecular complexity index is 121. The van der Waals surface area contributed by atoms with E-state index >= 15 is 0 Å². The van der Waals surface area contributed by atoms with Crippen molar-refractivity contribution < 1.29 is 0 Å². The van der Waals surface area contributed by atoms with Gasteiger partial charge in [0.05, 0.1) is 0 Å². The molecule has 58 valence electrons. The van der Waals surface area contributed by atoms with Gasteiger partial charge in [0.25, 0.3) is 0 Å². The van der Waals surface area contributed by atoms with Gasteiger partial charge in [-0.05, 0) is 31.6 Å². The SMILES string of the molecule is NC1(C2CCCCC2)CC1. The molecule has 0 radical (unpaired) electrons. The number of rotatable bonds is 1. The Morgan fingerprint density at radius 3 is 2.10 bits per heavy atom. The molecule has 2 saturated carbocycles. The van der Waals surface area contributed by atoms with Crippen molar-refractivity contribution in [2.45, 2.75) is 50.5 Å². The summed E-state index contributed by atoms with van der Waals surface area (Å²) in [6.45, 7) is 0. The zero-order chi connectivity index (χ0) is 7.03. The van der Waals surface area contributed by atoms with Crippen molar-refractivity contribution in [2.75, 3.05) is 0 Å². The van der Waals surface area contributed by atoms with Crippen LogP contribution in [-0.2, 0) is 0 Å². The van der Waals surface area contributed by atoms with E-state index in [9.17, 15) is 0 Å². The van der Waals surface area contributed by atoms with Crippen LogP contribution in [0.15, 0.2) is 0 Å². The van der Waals surface area contributed by atoms with Crippen LogP contribution in [0.5, 0.6) is 0 Å². The van der Waals surface area contributed by atoms with E-state index in [4.69, 9.17) is 5.73 Å².